The minimum absolute atomic E-state index is 0.235. The molecule has 2 atom stereocenters. The molecule has 2 fully saturated rings. The predicted molar refractivity (Wildman–Crippen MR) is 118 cm³/mol. The van der Waals surface area contributed by atoms with Crippen LogP contribution >= 0.6 is 11.3 Å². The number of piperidine rings is 1. The van der Waals surface area contributed by atoms with Crippen molar-refractivity contribution in [1.82, 2.24) is 19.5 Å². The number of hydrogen-bond acceptors (Lipinski definition) is 6. The molecule has 4 heterocycles. The molecule has 0 saturated carbocycles. The largest absolute Gasteiger partial charge is 0.373 e. The van der Waals surface area contributed by atoms with Crippen molar-refractivity contribution in [2.75, 3.05) is 37.6 Å². The molecule has 0 spiro atoms. The molecular weight excluding hydrogens is 401 g/mol. The summed E-state index contributed by atoms with van der Waals surface area (Å²) in [5.41, 5.74) is 1.73. The maximum Gasteiger partial charge on any atom is 0.214 e. The van der Waals surface area contributed by atoms with Gasteiger partial charge in [0, 0.05) is 38.3 Å². The lowest BCUT2D eigenvalue weighted by Gasteiger charge is -2.39. The van der Waals surface area contributed by atoms with Gasteiger partial charge in [0.2, 0.25) is 10.1 Å². The van der Waals surface area contributed by atoms with E-state index in [4.69, 9.17) is 9.84 Å². The molecule has 0 aliphatic carbocycles. The molecule has 2 saturated heterocycles. The minimum Gasteiger partial charge on any atom is -0.373 e. The van der Waals surface area contributed by atoms with Gasteiger partial charge in [-0.25, -0.2) is 13.9 Å². The zero-order valence-electron chi connectivity index (χ0n) is 17.5. The van der Waals surface area contributed by atoms with Crippen LogP contribution in [0.3, 0.4) is 0 Å². The number of fused-ring (bicyclic) bond motifs is 1. The highest BCUT2D eigenvalue weighted by molar-refractivity contribution is 7.20. The van der Waals surface area contributed by atoms with Gasteiger partial charge < -0.3 is 9.64 Å². The molecule has 0 bridgehead atoms. The fourth-order valence-corrected chi connectivity index (χ4v) is 5.62. The quantitative estimate of drug-likeness (QED) is 0.629. The van der Waals surface area contributed by atoms with Crippen LogP contribution in [0.4, 0.5) is 9.52 Å². The summed E-state index contributed by atoms with van der Waals surface area (Å²) in [6, 6.07) is 6.43. The van der Waals surface area contributed by atoms with E-state index in [0.717, 1.165) is 53.4 Å². The number of hydrogen-bond donors (Lipinski definition) is 0. The summed E-state index contributed by atoms with van der Waals surface area (Å²) in [5, 5.41) is 5.80. The average molecular weight is 430 g/mol. The topological polar surface area (TPSA) is 45.9 Å². The first-order chi connectivity index (χ1) is 14.5. The lowest BCUT2D eigenvalue weighted by atomic mass is 9.96. The van der Waals surface area contributed by atoms with Gasteiger partial charge in [-0.1, -0.05) is 11.3 Å². The highest BCUT2D eigenvalue weighted by Crippen LogP contribution is 2.30. The van der Waals surface area contributed by atoms with Gasteiger partial charge in [-0.2, -0.15) is 0 Å². The Morgan fingerprint density at radius 3 is 2.47 bits per heavy atom. The Balaban J connectivity index is 1.20. The summed E-state index contributed by atoms with van der Waals surface area (Å²) < 4.78 is 20.9. The molecule has 5 rings (SSSR count). The van der Waals surface area contributed by atoms with Crippen LogP contribution in [0.15, 0.2) is 30.5 Å². The van der Waals surface area contributed by atoms with E-state index < -0.39 is 0 Å². The van der Waals surface area contributed by atoms with E-state index in [1.54, 1.807) is 23.5 Å². The molecule has 30 heavy (non-hydrogen) atoms. The fourth-order valence-electron chi connectivity index (χ4n) is 4.68. The first-order valence-electron chi connectivity index (χ1n) is 10.8. The van der Waals surface area contributed by atoms with Crippen molar-refractivity contribution in [3.63, 3.8) is 0 Å². The third-order valence-electron chi connectivity index (χ3n) is 6.07. The Hall–Kier alpha value is -2.03. The lowest BCUT2D eigenvalue weighted by Crippen LogP contribution is -2.48. The van der Waals surface area contributed by atoms with Crippen LogP contribution in [0.2, 0.25) is 0 Å². The van der Waals surface area contributed by atoms with Gasteiger partial charge in [0.25, 0.3) is 0 Å². The molecule has 6 nitrogen and oxygen atoms in total. The number of anilines is 1. The van der Waals surface area contributed by atoms with Gasteiger partial charge in [0.15, 0.2) is 0 Å². The number of rotatable bonds is 4. The molecule has 2 unspecified atom stereocenters. The number of benzene rings is 1. The average Bonchev–Trinajstić information content (AvgIpc) is 3.28. The van der Waals surface area contributed by atoms with Crippen LogP contribution in [0.5, 0.6) is 0 Å². The zero-order valence-corrected chi connectivity index (χ0v) is 18.3. The Kier molecular flexibility index (Phi) is 5.47. The molecule has 8 heteroatoms. The first-order valence-corrected chi connectivity index (χ1v) is 11.6. The van der Waals surface area contributed by atoms with Crippen LogP contribution in [0.1, 0.15) is 26.7 Å². The Bertz CT molecular complexity index is 953. The molecule has 0 amide bonds. The highest BCUT2D eigenvalue weighted by Gasteiger charge is 2.27. The molecule has 1 aromatic carbocycles. The van der Waals surface area contributed by atoms with Gasteiger partial charge in [-0.3, -0.25) is 4.90 Å². The van der Waals surface area contributed by atoms with Gasteiger partial charge in [0.1, 0.15) is 5.82 Å². The summed E-state index contributed by atoms with van der Waals surface area (Å²) in [5.74, 6) is 0.508. The second-order valence-corrected chi connectivity index (χ2v) is 9.59. The minimum atomic E-state index is -0.235. The second kappa shape index (κ2) is 8.24. The third kappa shape index (κ3) is 4.22. The van der Waals surface area contributed by atoms with Gasteiger partial charge in [-0.05, 0) is 56.9 Å². The van der Waals surface area contributed by atoms with E-state index in [1.807, 2.05) is 10.7 Å². The Morgan fingerprint density at radius 1 is 1.10 bits per heavy atom. The van der Waals surface area contributed by atoms with Crippen LogP contribution in [-0.2, 0) is 4.74 Å². The number of morpholine rings is 1. The van der Waals surface area contributed by atoms with Crippen LogP contribution < -0.4 is 4.90 Å². The zero-order chi connectivity index (χ0) is 20.7. The number of imidazole rings is 1. The van der Waals surface area contributed by atoms with Crippen LogP contribution in [-0.4, -0.2) is 64.4 Å². The fraction of sp³-hybridized carbons (Fsp3) is 0.545. The van der Waals surface area contributed by atoms with E-state index in [9.17, 15) is 4.39 Å². The third-order valence-corrected chi connectivity index (χ3v) is 7.05. The van der Waals surface area contributed by atoms with Crippen molar-refractivity contribution >= 4 is 21.4 Å². The van der Waals surface area contributed by atoms with E-state index in [0.29, 0.717) is 12.2 Å². The molecule has 2 aromatic heterocycles. The van der Waals surface area contributed by atoms with Crippen molar-refractivity contribution in [3.8, 4) is 11.3 Å². The van der Waals surface area contributed by atoms with Crippen molar-refractivity contribution in [3.05, 3.63) is 36.3 Å². The monoisotopic (exact) mass is 429 g/mol. The second-order valence-electron chi connectivity index (χ2n) is 8.65. The predicted octanol–water partition coefficient (Wildman–Crippen LogP) is 3.92. The number of ether oxygens (including phenoxy) is 1. The molecule has 0 N–H and O–H groups in total. The molecule has 2 aliphatic rings. The standard InChI is InChI=1S/C22H28FN5OS/c1-15-11-26(12-16(2)29-15)13-17-7-9-27(10-8-17)22-25-28-14-20(24-21(28)30-22)18-3-5-19(23)6-4-18/h3-6,14-17H,7-13H2,1-2H3. The Morgan fingerprint density at radius 2 is 1.80 bits per heavy atom. The lowest BCUT2D eigenvalue weighted by molar-refractivity contribution is -0.0720. The van der Waals surface area contributed by atoms with Gasteiger partial charge in [0.05, 0.1) is 24.1 Å². The SMILES string of the molecule is CC1CN(CC2CCN(c3nn4cc(-c5ccc(F)cc5)nc4s3)CC2)CC(C)O1. The van der Waals surface area contributed by atoms with Gasteiger partial charge in [-0.15, -0.1) is 5.10 Å². The van der Waals surface area contributed by atoms with E-state index in [1.165, 1.54) is 31.5 Å². The van der Waals surface area contributed by atoms with Crippen LogP contribution in [0.25, 0.3) is 16.2 Å². The summed E-state index contributed by atoms with van der Waals surface area (Å²) in [6.07, 6.45) is 4.99. The summed E-state index contributed by atoms with van der Waals surface area (Å²) in [6.45, 7) is 9.70. The number of aromatic nitrogens is 3. The highest BCUT2D eigenvalue weighted by atomic mass is 32.1. The van der Waals surface area contributed by atoms with Gasteiger partial charge >= 0.3 is 0 Å². The van der Waals surface area contributed by atoms with Crippen molar-refractivity contribution in [1.29, 1.82) is 0 Å². The summed E-state index contributed by atoms with van der Waals surface area (Å²) in [4.78, 5) is 10.5. The van der Waals surface area contributed by atoms with Crippen molar-refractivity contribution in [2.45, 2.75) is 38.9 Å². The van der Waals surface area contributed by atoms with E-state index in [-0.39, 0.29) is 5.82 Å². The maximum absolute atomic E-state index is 13.1. The number of nitrogens with zero attached hydrogens (tertiary/aromatic N) is 5. The normalized spacial score (nSPS) is 24.0. The summed E-state index contributed by atoms with van der Waals surface area (Å²) in [7, 11) is 0. The van der Waals surface area contributed by atoms with Crippen molar-refractivity contribution < 1.29 is 9.13 Å². The molecule has 2 aliphatic heterocycles. The van der Waals surface area contributed by atoms with E-state index in [2.05, 4.69) is 28.6 Å². The Labute approximate surface area is 180 Å². The molecule has 0 radical (unpaired) electrons. The smallest absolute Gasteiger partial charge is 0.214 e. The number of halogens is 1. The summed E-state index contributed by atoms with van der Waals surface area (Å²) >= 11 is 1.63. The molecular formula is C22H28FN5OS. The van der Waals surface area contributed by atoms with Crippen molar-refractivity contribution in [2.24, 2.45) is 5.92 Å². The molecule has 160 valence electrons. The maximum atomic E-state index is 13.1. The molecule has 3 aromatic rings. The first kappa shape index (κ1) is 19.9. The van der Waals surface area contributed by atoms with E-state index >= 15 is 0 Å². The van der Waals surface area contributed by atoms with Crippen LogP contribution in [0, 0.1) is 11.7 Å².